The summed E-state index contributed by atoms with van der Waals surface area (Å²) in [6, 6.07) is 11.1. The Morgan fingerprint density at radius 2 is 1.69 bits per heavy atom. The van der Waals surface area contributed by atoms with Gasteiger partial charge in [-0.3, -0.25) is 4.79 Å². The van der Waals surface area contributed by atoms with Crippen LogP contribution in [0.3, 0.4) is 0 Å². The molecule has 0 aliphatic heterocycles. The minimum Gasteiger partial charge on any atom is -0.493 e. The zero-order valence-corrected chi connectivity index (χ0v) is 17.0. The van der Waals surface area contributed by atoms with E-state index in [2.05, 4.69) is 5.32 Å². The fourth-order valence-corrected chi connectivity index (χ4v) is 2.61. The van der Waals surface area contributed by atoms with E-state index >= 15 is 0 Å². The van der Waals surface area contributed by atoms with Crippen molar-refractivity contribution in [1.82, 2.24) is 5.32 Å². The van der Waals surface area contributed by atoms with Crippen LogP contribution in [0.5, 0.6) is 17.2 Å². The monoisotopic (exact) mass is 399 g/mol. The highest BCUT2D eigenvalue weighted by Crippen LogP contribution is 2.38. The van der Waals surface area contributed by atoms with Crippen LogP contribution < -0.4 is 19.5 Å². The van der Waals surface area contributed by atoms with E-state index in [0.29, 0.717) is 17.2 Å². The van der Waals surface area contributed by atoms with Crippen molar-refractivity contribution in [2.75, 3.05) is 27.9 Å². The Labute approximate surface area is 170 Å². The number of methoxy groups -OCH3 is 3. The second-order valence-electron chi connectivity index (χ2n) is 6.17. The summed E-state index contributed by atoms with van der Waals surface area (Å²) in [4.78, 5) is 23.8. The molecule has 0 heterocycles. The van der Waals surface area contributed by atoms with E-state index in [0.717, 1.165) is 16.7 Å². The van der Waals surface area contributed by atoms with E-state index < -0.39 is 11.9 Å². The Kier molecular flexibility index (Phi) is 8.09. The van der Waals surface area contributed by atoms with Crippen LogP contribution in [-0.4, -0.2) is 39.8 Å². The molecule has 0 aliphatic carbocycles. The van der Waals surface area contributed by atoms with Gasteiger partial charge in [0.1, 0.15) is 0 Å². The Hall–Kier alpha value is -3.48. The molecule has 0 fully saturated rings. The molecule has 0 aliphatic rings. The third-order valence-corrected chi connectivity index (χ3v) is 4.01. The number of carbonyl (C=O) groups is 2. The van der Waals surface area contributed by atoms with Gasteiger partial charge < -0.3 is 24.3 Å². The number of rotatable bonds is 9. The van der Waals surface area contributed by atoms with Crippen LogP contribution in [0.25, 0.3) is 6.08 Å². The first-order valence-corrected chi connectivity index (χ1v) is 8.94. The maximum absolute atomic E-state index is 12.0. The van der Waals surface area contributed by atoms with Crippen molar-refractivity contribution < 1.29 is 28.5 Å². The van der Waals surface area contributed by atoms with Crippen molar-refractivity contribution in [3.8, 4) is 17.2 Å². The molecule has 2 aromatic rings. The largest absolute Gasteiger partial charge is 0.493 e. The summed E-state index contributed by atoms with van der Waals surface area (Å²) < 4.78 is 20.8. The topological polar surface area (TPSA) is 83.1 Å². The fraction of sp³-hybridized carbons (Fsp3) is 0.273. The molecule has 0 spiro atoms. The summed E-state index contributed by atoms with van der Waals surface area (Å²) in [6.45, 7) is 1.81. The van der Waals surface area contributed by atoms with Crippen LogP contribution in [0.2, 0.25) is 0 Å². The van der Waals surface area contributed by atoms with Gasteiger partial charge in [0.25, 0.3) is 5.91 Å². The zero-order chi connectivity index (χ0) is 21.2. The highest BCUT2D eigenvalue weighted by atomic mass is 16.5. The van der Waals surface area contributed by atoms with Gasteiger partial charge >= 0.3 is 5.97 Å². The lowest BCUT2D eigenvalue weighted by molar-refractivity contribution is -0.143. The number of aryl methyl sites for hydroxylation is 1. The molecule has 0 saturated carbocycles. The van der Waals surface area contributed by atoms with Crippen LogP contribution in [0.1, 0.15) is 16.7 Å². The number of esters is 1. The average molecular weight is 399 g/mol. The average Bonchev–Trinajstić information content (AvgIpc) is 2.73. The van der Waals surface area contributed by atoms with Crippen molar-refractivity contribution in [1.29, 1.82) is 0 Å². The molecule has 0 saturated heterocycles. The van der Waals surface area contributed by atoms with E-state index in [-0.39, 0.29) is 13.2 Å². The van der Waals surface area contributed by atoms with Crippen LogP contribution in [0.4, 0.5) is 0 Å². The predicted octanol–water partition coefficient (Wildman–Crippen LogP) is 2.89. The number of carbonyl (C=O) groups excluding carboxylic acids is 2. The maximum Gasteiger partial charge on any atom is 0.331 e. The molecule has 1 N–H and O–H groups in total. The minimum absolute atomic E-state index is 0.215. The molecular formula is C22H25NO6. The lowest BCUT2D eigenvalue weighted by atomic mass is 10.1. The van der Waals surface area contributed by atoms with E-state index in [1.807, 2.05) is 31.2 Å². The standard InChI is InChI=1S/C22H25NO6/c1-15-6-5-7-16(10-15)8-9-21(25)29-14-20(24)23-13-17-11-18(26-2)22(28-4)19(12-17)27-3/h5-12H,13-14H2,1-4H3,(H,23,24)/b9-8+. The predicted molar refractivity (Wildman–Crippen MR) is 109 cm³/mol. The third-order valence-electron chi connectivity index (χ3n) is 4.01. The molecule has 1 amide bonds. The molecule has 0 aromatic heterocycles. The lowest BCUT2D eigenvalue weighted by Crippen LogP contribution is -2.28. The van der Waals surface area contributed by atoms with Gasteiger partial charge in [-0.15, -0.1) is 0 Å². The molecule has 7 heteroatoms. The summed E-state index contributed by atoms with van der Waals surface area (Å²) in [6.07, 6.45) is 2.93. The molecule has 0 atom stereocenters. The van der Waals surface area contributed by atoms with Gasteiger partial charge in [0.2, 0.25) is 5.75 Å². The van der Waals surface area contributed by atoms with Gasteiger partial charge in [0.05, 0.1) is 21.3 Å². The molecule has 154 valence electrons. The number of hydrogen-bond donors (Lipinski definition) is 1. The highest BCUT2D eigenvalue weighted by molar-refractivity contribution is 5.89. The second kappa shape index (κ2) is 10.8. The second-order valence-corrected chi connectivity index (χ2v) is 6.17. The van der Waals surface area contributed by atoms with Gasteiger partial charge in [-0.25, -0.2) is 4.79 Å². The summed E-state index contributed by atoms with van der Waals surface area (Å²) >= 11 is 0. The van der Waals surface area contributed by atoms with Gasteiger partial charge in [-0.2, -0.15) is 0 Å². The third kappa shape index (κ3) is 6.57. The highest BCUT2D eigenvalue weighted by Gasteiger charge is 2.14. The molecule has 29 heavy (non-hydrogen) atoms. The normalized spacial score (nSPS) is 10.5. The molecule has 2 aromatic carbocycles. The number of hydrogen-bond acceptors (Lipinski definition) is 6. The van der Waals surface area contributed by atoms with Gasteiger partial charge in [-0.1, -0.05) is 29.8 Å². The molecule has 0 bridgehead atoms. The van der Waals surface area contributed by atoms with Crippen molar-refractivity contribution in [2.45, 2.75) is 13.5 Å². The molecular weight excluding hydrogens is 374 g/mol. The molecule has 7 nitrogen and oxygen atoms in total. The Balaban J connectivity index is 1.86. The van der Waals surface area contributed by atoms with Crippen molar-refractivity contribution in [3.05, 3.63) is 59.2 Å². The smallest absolute Gasteiger partial charge is 0.331 e. The molecule has 0 radical (unpaired) electrons. The lowest BCUT2D eigenvalue weighted by Gasteiger charge is -2.14. The Morgan fingerprint density at radius 3 is 2.28 bits per heavy atom. The molecule has 2 rings (SSSR count). The quantitative estimate of drug-likeness (QED) is 0.516. The number of benzene rings is 2. The van der Waals surface area contributed by atoms with Gasteiger partial charge in [0, 0.05) is 12.6 Å². The van der Waals surface area contributed by atoms with E-state index in [9.17, 15) is 9.59 Å². The van der Waals surface area contributed by atoms with Crippen molar-refractivity contribution in [2.24, 2.45) is 0 Å². The fourth-order valence-electron chi connectivity index (χ4n) is 2.61. The van der Waals surface area contributed by atoms with Crippen molar-refractivity contribution in [3.63, 3.8) is 0 Å². The minimum atomic E-state index is -0.588. The summed E-state index contributed by atoms with van der Waals surface area (Å²) in [7, 11) is 4.55. The van der Waals surface area contributed by atoms with Crippen molar-refractivity contribution >= 4 is 18.0 Å². The summed E-state index contributed by atoms with van der Waals surface area (Å²) in [5.74, 6) is 0.442. The van der Waals surface area contributed by atoms with Crippen LogP contribution in [-0.2, 0) is 20.9 Å². The van der Waals surface area contributed by atoms with Crippen LogP contribution >= 0.6 is 0 Å². The van der Waals surface area contributed by atoms with Gasteiger partial charge in [0.15, 0.2) is 18.1 Å². The molecule has 0 unspecified atom stereocenters. The number of amides is 1. The summed E-state index contributed by atoms with van der Waals surface area (Å²) in [5.41, 5.74) is 2.72. The first-order chi connectivity index (χ1) is 14.0. The first-order valence-electron chi connectivity index (χ1n) is 8.94. The van der Waals surface area contributed by atoms with Gasteiger partial charge in [-0.05, 0) is 36.3 Å². The Morgan fingerprint density at radius 1 is 1.00 bits per heavy atom. The van der Waals surface area contributed by atoms with Crippen LogP contribution in [0.15, 0.2) is 42.5 Å². The summed E-state index contributed by atoms with van der Waals surface area (Å²) in [5, 5.41) is 2.68. The van der Waals surface area contributed by atoms with E-state index in [4.69, 9.17) is 18.9 Å². The number of nitrogens with one attached hydrogen (secondary N) is 1. The maximum atomic E-state index is 12.0. The number of ether oxygens (including phenoxy) is 4. The van der Waals surface area contributed by atoms with E-state index in [1.165, 1.54) is 27.4 Å². The first kappa shape index (κ1) is 21.8. The van der Waals surface area contributed by atoms with Crippen LogP contribution in [0, 0.1) is 6.92 Å². The SMILES string of the molecule is COc1cc(CNC(=O)COC(=O)/C=C/c2cccc(C)c2)cc(OC)c1OC. The Bertz CT molecular complexity index is 866. The zero-order valence-electron chi connectivity index (χ0n) is 17.0. The van der Waals surface area contributed by atoms with E-state index in [1.54, 1.807) is 18.2 Å².